The zero-order valence-corrected chi connectivity index (χ0v) is 5.71. The summed E-state index contributed by atoms with van der Waals surface area (Å²) in [5.74, 6) is -0.599. The van der Waals surface area contributed by atoms with E-state index in [1.54, 1.807) is 6.07 Å². The number of nitrogens with zero attached hydrogens (tertiary/aromatic N) is 2. The monoisotopic (exact) mass is 148 g/mol. The molecule has 1 aromatic rings. The van der Waals surface area contributed by atoms with Crippen molar-refractivity contribution in [2.24, 2.45) is 0 Å². The summed E-state index contributed by atoms with van der Waals surface area (Å²) in [7, 11) is 0. The van der Waals surface area contributed by atoms with Gasteiger partial charge in [0.25, 0.3) is 0 Å². The van der Waals surface area contributed by atoms with Crippen LogP contribution < -0.4 is 0 Å². The third-order valence-corrected chi connectivity index (χ3v) is 1.18. The number of aromatic nitrogens is 1. The Morgan fingerprint density at radius 3 is 2.91 bits per heavy atom. The van der Waals surface area contributed by atoms with E-state index in [-0.39, 0.29) is 5.69 Å². The van der Waals surface area contributed by atoms with Crippen LogP contribution in [0.2, 0.25) is 0 Å². The van der Waals surface area contributed by atoms with Gasteiger partial charge >= 0.3 is 0 Å². The third-order valence-electron chi connectivity index (χ3n) is 1.18. The smallest absolute Gasteiger partial charge is 0.176 e. The second kappa shape index (κ2) is 2.93. The summed E-state index contributed by atoms with van der Waals surface area (Å²) in [6, 6.07) is 4.29. The zero-order valence-electron chi connectivity index (χ0n) is 5.71. The van der Waals surface area contributed by atoms with Crippen LogP contribution in [0.1, 0.15) is 11.4 Å². The van der Waals surface area contributed by atoms with E-state index in [2.05, 4.69) is 11.6 Å². The fourth-order valence-corrected chi connectivity index (χ4v) is 0.649. The number of pyridine rings is 1. The molecule has 0 radical (unpaired) electrons. The molecule has 0 aliphatic rings. The lowest BCUT2D eigenvalue weighted by molar-refractivity contribution is 0.616. The molecule has 0 fully saturated rings. The van der Waals surface area contributed by atoms with Gasteiger partial charge in [-0.25, -0.2) is 9.37 Å². The molecule has 0 spiro atoms. The molecule has 54 valence electrons. The highest BCUT2D eigenvalue weighted by molar-refractivity contribution is 5.43. The van der Waals surface area contributed by atoms with Crippen molar-refractivity contribution < 1.29 is 4.39 Å². The highest BCUT2D eigenvalue weighted by atomic mass is 19.1. The van der Waals surface area contributed by atoms with Gasteiger partial charge in [-0.3, -0.25) is 0 Å². The van der Waals surface area contributed by atoms with Gasteiger partial charge in [-0.15, -0.1) is 0 Å². The van der Waals surface area contributed by atoms with Gasteiger partial charge in [0.05, 0.1) is 5.69 Å². The first-order valence-electron chi connectivity index (χ1n) is 2.97. The Morgan fingerprint density at radius 1 is 1.64 bits per heavy atom. The minimum absolute atomic E-state index is 0.192. The molecule has 0 atom stereocenters. The Labute approximate surface area is 63.6 Å². The SMILES string of the molecule is C=Cc1ccc(F)c(C#N)n1. The first-order valence-corrected chi connectivity index (χ1v) is 2.97. The molecule has 0 bridgehead atoms. The van der Waals surface area contributed by atoms with Gasteiger partial charge in [-0.1, -0.05) is 6.58 Å². The van der Waals surface area contributed by atoms with Crippen molar-refractivity contribution in [3.8, 4) is 6.07 Å². The maximum absolute atomic E-state index is 12.6. The molecule has 0 N–H and O–H groups in total. The van der Waals surface area contributed by atoms with Crippen molar-refractivity contribution in [1.82, 2.24) is 4.98 Å². The summed E-state index contributed by atoms with van der Waals surface area (Å²) in [5.41, 5.74) is 0.311. The molecule has 0 unspecified atom stereocenters. The molecule has 0 aromatic carbocycles. The number of hydrogen-bond acceptors (Lipinski definition) is 2. The molecule has 1 heterocycles. The fourth-order valence-electron chi connectivity index (χ4n) is 0.649. The van der Waals surface area contributed by atoms with Crippen LogP contribution >= 0.6 is 0 Å². The van der Waals surface area contributed by atoms with Gasteiger partial charge in [-0.05, 0) is 18.2 Å². The van der Waals surface area contributed by atoms with E-state index >= 15 is 0 Å². The number of hydrogen-bond donors (Lipinski definition) is 0. The highest BCUT2D eigenvalue weighted by Crippen LogP contribution is 2.04. The summed E-state index contributed by atoms with van der Waals surface area (Å²) in [6.07, 6.45) is 1.46. The van der Waals surface area contributed by atoms with Crippen molar-refractivity contribution in [3.63, 3.8) is 0 Å². The van der Waals surface area contributed by atoms with E-state index in [0.717, 1.165) is 0 Å². The molecule has 1 rings (SSSR count). The van der Waals surface area contributed by atoms with Crippen LogP contribution in [0.4, 0.5) is 4.39 Å². The van der Waals surface area contributed by atoms with E-state index < -0.39 is 5.82 Å². The van der Waals surface area contributed by atoms with E-state index in [1.807, 2.05) is 0 Å². The largest absolute Gasteiger partial charge is 0.235 e. The van der Waals surface area contributed by atoms with Crippen molar-refractivity contribution in [3.05, 3.63) is 35.9 Å². The molecular weight excluding hydrogens is 143 g/mol. The maximum atomic E-state index is 12.6. The second-order valence-electron chi connectivity index (χ2n) is 1.88. The summed E-state index contributed by atoms with van der Waals surface area (Å²) in [5, 5.41) is 8.35. The summed E-state index contributed by atoms with van der Waals surface area (Å²) >= 11 is 0. The van der Waals surface area contributed by atoms with E-state index in [9.17, 15) is 4.39 Å². The van der Waals surface area contributed by atoms with E-state index in [1.165, 1.54) is 18.2 Å². The summed E-state index contributed by atoms with van der Waals surface area (Å²) in [4.78, 5) is 3.66. The Kier molecular flexibility index (Phi) is 1.98. The molecule has 0 aliphatic heterocycles. The van der Waals surface area contributed by atoms with Crippen molar-refractivity contribution in [2.75, 3.05) is 0 Å². The van der Waals surface area contributed by atoms with Crippen LogP contribution in [0.5, 0.6) is 0 Å². The molecule has 1 aromatic heterocycles. The first-order chi connectivity index (χ1) is 5.27. The van der Waals surface area contributed by atoms with Gasteiger partial charge in [0, 0.05) is 0 Å². The van der Waals surface area contributed by atoms with Gasteiger partial charge in [0.1, 0.15) is 6.07 Å². The first kappa shape index (κ1) is 7.42. The van der Waals surface area contributed by atoms with Crippen LogP contribution in [0.15, 0.2) is 18.7 Å². The predicted octanol–water partition coefficient (Wildman–Crippen LogP) is 1.74. The van der Waals surface area contributed by atoms with Gasteiger partial charge in [0.15, 0.2) is 11.5 Å². The fraction of sp³-hybridized carbons (Fsp3) is 0. The van der Waals surface area contributed by atoms with Crippen molar-refractivity contribution in [2.45, 2.75) is 0 Å². The Bertz CT molecular complexity index is 325. The highest BCUT2D eigenvalue weighted by Gasteiger charge is 2.01. The average Bonchev–Trinajstić information content (AvgIpc) is 2.05. The molecule has 2 nitrogen and oxygen atoms in total. The second-order valence-corrected chi connectivity index (χ2v) is 1.88. The molecule has 0 amide bonds. The third kappa shape index (κ3) is 1.41. The lowest BCUT2D eigenvalue weighted by Crippen LogP contribution is -1.90. The number of halogens is 1. The minimum atomic E-state index is -0.599. The lowest BCUT2D eigenvalue weighted by Gasteiger charge is -1.93. The topological polar surface area (TPSA) is 36.7 Å². The average molecular weight is 148 g/mol. The molecule has 0 aliphatic carbocycles. The number of rotatable bonds is 1. The lowest BCUT2D eigenvalue weighted by atomic mass is 10.3. The Morgan fingerprint density at radius 2 is 2.36 bits per heavy atom. The van der Waals surface area contributed by atoms with Gasteiger partial charge in [0.2, 0.25) is 0 Å². The predicted molar refractivity (Wildman–Crippen MR) is 39.0 cm³/mol. The standard InChI is InChI=1S/C8H5FN2/c1-2-6-3-4-7(9)8(5-10)11-6/h2-4H,1H2. The van der Waals surface area contributed by atoms with Crippen LogP contribution in [-0.4, -0.2) is 4.98 Å². The summed E-state index contributed by atoms with van der Waals surface area (Å²) < 4.78 is 12.6. The van der Waals surface area contributed by atoms with Crippen LogP contribution in [-0.2, 0) is 0 Å². The van der Waals surface area contributed by atoms with Gasteiger partial charge in [-0.2, -0.15) is 5.26 Å². The van der Waals surface area contributed by atoms with E-state index in [4.69, 9.17) is 5.26 Å². The molecule has 0 saturated heterocycles. The van der Waals surface area contributed by atoms with Crippen LogP contribution in [0.3, 0.4) is 0 Å². The number of nitriles is 1. The van der Waals surface area contributed by atoms with Crippen LogP contribution in [0.25, 0.3) is 6.08 Å². The summed E-state index contributed by atoms with van der Waals surface area (Å²) in [6.45, 7) is 3.44. The molecule has 3 heteroatoms. The molecule has 11 heavy (non-hydrogen) atoms. The Hall–Kier alpha value is -1.69. The van der Waals surface area contributed by atoms with Crippen LogP contribution in [0, 0.1) is 17.1 Å². The quantitative estimate of drug-likeness (QED) is 0.608. The minimum Gasteiger partial charge on any atom is -0.235 e. The van der Waals surface area contributed by atoms with E-state index in [0.29, 0.717) is 5.69 Å². The normalized spacial score (nSPS) is 8.73. The molecular formula is C8H5FN2. The molecule has 0 saturated carbocycles. The zero-order chi connectivity index (χ0) is 8.27. The Balaban J connectivity index is 3.25. The van der Waals surface area contributed by atoms with Gasteiger partial charge < -0.3 is 0 Å². The van der Waals surface area contributed by atoms with Crippen molar-refractivity contribution >= 4 is 6.08 Å². The van der Waals surface area contributed by atoms with Crippen molar-refractivity contribution in [1.29, 1.82) is 5.26 Å². The maximum Gasteiger partial charge on any atom is 0.176 e.